The number of allylic oxidation sites excluding steroid dienone is 1. The van der Waals surface area contributed by atoms with E-state index in [1.54, 1.807) is 13.1 Å². The Morgan fingerprint density at radius 3 is 2.50 bits per heavy atom. The molecule has 32 heavy (non-hydrogen) atoms. The van der Waals surface area contributed by atoms with Crippen molar-refractivity contribution in [2.75, 3.05) is 47.8 Å². The SMILES string of the molecule is CC(=O)C1=C(C)c2cnc(Nc3cnc(N4CCNCC4)cn3)cc2N(C2CCCC2)C1. The Morgan fingerprint density at radius 1 is 1.06 bits per heavy atom. The Balaban J connectivity index is 1.40. The van der Waals surface area contributed by atoms with Gasteiger partial charge in [0.1, 0.15) is 17.5 Å². The summed E-state index contributed by atoms with van der Waals surface area (Å²) in [6, 6.07) is 2.57. The number of pyridine rings is 1. The molecule has 0 atom stereocenters. The smallest absolute Gasteiger partial charge is 0.157 e. The molecule has 168 valence electrons. The van der Waals surface area contributed by atoms with Crippen LogP contribution >= 0.6 is 0 Å². The fraction of sp³-hybridized carbons (Fsp3) is 0.500. The molecule has 1 aliphatic carbocycles. The predicted molar refractivity (Wildman–Crippen MR) is 128 cm³/mol. The molecule has 0 amide bonds. The lowest BCUT2D eigenvalue weighted by atomic mass is 9.92. The van der Waals surface area contributed by atoms with E-state index < -0.39 is 0 Å². The van der Waals surface area contributed by atoms with Crippen molar-refractivity contribution in [3.05, 3.63) is 35.8 Å². The molecule has 2 fully saturated rings. The normalized spacial score (nSPS) is 19.3. The zero-order chi connectivity index (χ0) is 22.1. The van der Waals surface area contributed by atoms with Crippen LogP contribution < -0.4 is 20.4 Å². The standard InChI is InChI=1S/C24H31N7O/c1-16-19-12-26-22(29-23-13-28-24(14-27-23)30-9-7-25-8-10-30)11-21(19)31(15-20(16)17(2)32)18-5-3-4-6-18/h11-14,18,25H,3-10,15H2,1-2H3,(H,26,27,29). The number of rotatable bonds is 5. The quantitative estimate of drug-likeness (QED) is 0.744. The average Bonchev–Trinajstić information content (AvgIpc) is 3.35. The minimum atomic E-state index is 0.151. The highest BCUT2D eigenvalue weighted by atomic mass is 16.1. The van der Waals surface area contributed by atoms with Gasteiger partial charge in [0.2, 0.25) is 0 Å². The lowest BCUT2D eigenvalue weighted by Gasteiger charge is -2.37. The van der Waals surface area contributed by atoms with E-state index in [1.807, 2.05) is 19.3 Å². The summed E-state index contributed by atoms with van der Waals surface area (Å²) in [4.78, 5) is 30.7. The van der Waals surface area contributed by atoms with Gasteiger partial charge in [-0.15, -0.1) is 0 Å². The number of piperazine rings is 1. The topological polar surface area (TPSA) is 86.3 Å². The highest BCUT2D eigenvalue weighted by molar-refractivity contribution is 6.04. The van der Waals surface area contributed by atoms with Gasteiger partial charge in [0.15, 0.2) is 5.78 Å². The first-order chi connectivity index (χ1) is 15.6. The molecule has 5 rings (SSSR count). The lowest BCUT2D eigenvalue weighted by Crippen LogP contribution is -2.43. The van der Waals surface area contributed by atoms with E-state index in [0.717, 1.165) is 60.2 Å². The van der Waals surface area contributed by atoms with Gasteiger partial charge in [-0.1, -0.05) is 12.8 Å². The number of anilines is 4. The Hall–Kier alpha value is -3.00. The second kappa shape index (κ2) is 8.86. The number of hydrogen-bond donors (Lipinski definition) is 2. The minimum Gasteiger partial charge on any atom is -0.363 e. The van der Waals surface area contributed by atoms with Crippen LogP contribution in [-0.4, -0.2) is 59.5 Å². The summed E-state index contributed by atoms with van der Waals surface area (Å²) in [6.07, 6.45) is 10.3. The Kier molecular flexibility index (Phi) is 5.78. The van der Waals surface area contributed by atoms with E-state index in [4.69, 9.17) is 0 Å². The molecule has 2 N–H and O–H groups in total. The predicted octanol–water partition coefficient (Wildman–Crippen LogP) is 3.15. The van der Waals surface area contributed by atoms with E-state index in [-0.39, 0.29) is 5.78 Å². The second-order valence-corrected chi connectivity index (χ2v) is 8.93. The molecular weight excluding hydrogens is 402 g/mol. The first kappa shape index (κ1) is 20.9. The third-order valence-electron chi connectivity index (χ3n) is 6.90. The Labute approximate surface area is 189 Å². The van der Waals surface area contributed by atoms with E-state index >= 15 is 0 Å². The van der Waals surface area contributed by atoms with Crippen molar-refractivity contribution in [2.24, 2.45) is 0 Å². The van der Waals surface area contributed by atoms with Gasteiger partial charge in [-0.3, -0.25) is 4.79 Å². The van der Waals surface area contributed by atoms with Crippen molar-refractivity contribution in [3.63, 3.8) is 0 Å². The van der Waals surface area contributed by atoms with E-state index in [2.05, 4.69) is 41.5 Å². The van der Waals surface area contributed by atoms with Crippen LogP contribution in [0.5, 0.6) is 0 Å². The lowest BCUT2D eigenvalue weighted by molar-refractivity contribution is -0.113. The minimum absolute atomic E-state index is 0.151. The fourth-order valence-corrected chi connectivity index (χ4v) is 5.07. The maximum Gasteiger partial charge on any atom is 0.157 e. The summed E-state index contributed by atoms with van der Waals surface area (Å²) < 4.78 is 0. The number of nitrogens with zero attached hydrogens (tertiary/aromatic N) is 5. The number of carbonyl (C=O) groups is 1. The highest BCUT2D eigenvalue weighted by Gasteiger charge is 2.31. The Morgan fingerprint density at radius 2 is 1.81 bits per heavy atom. The number of ketones is 1. The molecule has 2 aromatic heterocycles. The first-order valence-electron chi connectivity index (χ1n) is 11.6. The van der Waals surface area contributed by atoms with Crippen molar-refractivity contribution in [2.45, 2.75) is 45.6 Å². The highest BCUT2D eigenvalue weighted by Crippen LogP contribution is 2.40. The Bertz CT molecular complexity index is 1020. The molecule has 0 aromatic carbocycles. The second-order valence-electron chi connectivity index (χ2n) is 8.93. The van der Waals surface area contributed by atoms with E-state index in [9.17, 15) is 4.79 Å². The molecule has 1 saturated heterocycles. The number of aromatic nitrogens is 3. The van der Waals surface area contributed by atoms with Crippen LogP contribution in [0, 0.1) is 0 Å². The van der Waals surface area contributed by atoms with Crippen LogP contribution in [0.1, 0.15) is 45.1 Å². The van der Waals surface area contributed by atoms with Crippen molar-refractivity contribution in [1.82, 2.24) is 20.3 Å². The third kappa shape index (κ3) is 4.07. The zero-order valence-electron chi connectivity index (χ0n) is 18.9. The van der Waals surface area contributed by atoms with Crippen LogP contribution in [-0.2, 0) is 4.79 Å². The molecule has 0 unspecified atom stereocenters. The monoisotopic (exact) mass is 433 g/mol. The van der Waals surface area contributed by atoms with Crippen LogP contribution in [0.3, 0.4) is 0 Å². The molecule has 0 bridgehead atoms. The summed E-state index contributed by atoms with van der Waals surface area (Å²) in [7, 11) is 0. The molecule has 2 aromatic rings. The molecule has 2 aliphatic heterocycles. The summed E-state index contributed by atoms with van der Waals surface area (Å²) in [5.74, 6) is 2.48. The number of Topliss-reactive ketones (excluding diaryl/α,β-unsaturated/α-hetero) is 1. The summed E-state index contributed by atoms with van der Waals surface area (Å²) in [6.45, 7) is 8.22. The van der Waals surface area contributed by atoms with Crippen LogP contribution in [0.25, 0.3) is 5.57 Å². The fourth-order valence-electron chi connectivity index (χ4n) is 5.07. The largest absolute Gasteiger partial charge is 0.363 e. The van der Waals surface area contributed by atoms with Crippen LogP contribution in [0.15, 0.2) is 30.2 Å². The van der Waals surface area contributed by atoms with Crippen molar-refractivity contribution in [3.8, 4) is 0 Å². The molecular formula is C24H31N7O. The van der Waals surface area contributed by atoms with E-state index in [0.29, 0.717) is 18.4 Å². The van der Waals surface area contributed by atoms with Crippen molar-refractivity contribution in [1.29, 1.82) is 0 Å². The average molecular weight is 434 g/mol. The van der Waals surface area contributed by atoms with Crippen molar-refractivity contribution >= 4 is 34.5 Å². The number of carbonyl (C=O) groups excluding carboxylic acids is 1. The molecule has 0 radical (unpaired) electrons. The van der Waals surface area contributed by atoms with Crippen molar-refractivity contribution < 1.29 is 4.79 Å². The molecule has 8 nitrogen and oxygen atoms in total. The van der Waals surface area contributed by atoms with Gasteiger partial charge in [-0.05, 0) is 32.3 Å². The molecule has 4 heterocycles. The van der Waals surface area contributed by atoms with Gasteiger partial charge in [0.05, 0.1) is 18.1 Å². The summed E-state index contributed by atoms with van der Waals surface area (Å²) in [5.41, 5.74) is 4.16. The van der Waals surface area contributed by atoms with Gasteiger partial charge < -0.3 is 20.4 Å². The van der Waals surface area contributed by atoms with Crippen LogP contribution in [0.4, 0.5) is 23.1 Å². The van der Waals surface area contributed by atoms with E-state index in [1.165, 1.54) is 25.7 Å². The van der Waals surface area contributed by atoms with Gasteiger partial charge in [-0.2, -0.15) is 0 Å². The number of fused-ring (bicyclic) bond motifs is 1. The molecule has 8 heteroatoms. The molecule has 1 saturated carbocycles. The van der Waals surface area contributed by atoms with Gasteiger partial charge in [-0.25, -0.2) is 15.0 Å². The number of nitrogens with one attached hydrogen (secondary N) is 2. The molecule has 3 aliphatic rings. The first-order valence-corrected chi connectivity index (χ1v) is 11.6. The van der Waals surface area contributed by atoms with Gasteiger partial charge in [0.25, 0.3) is 0 Å². The summed E-state index contributed by atoms with van der Waals surface area (Å²) >= 11 is 0. The maximum atomic E-state index is 12.3. The summed E-state index contributed by atoms with van der Waals surface area (Å²) in [5, 5.41) is 6.67. The molecule has 0 spiro atoms. The maximum absolute atomic E-state index is 12.3. The third-order valence-corrected chi connectivity index (χ3v) is 6.90. The zero-order valence-corrected chi connectivity index (χ0v) is 18.9. The van der Waals surface area contributed by atoms with Crippen LogP contribution in [0.2, 0.25) is 0 Å². The number of hydrogen-bond acceptors (Lipinski definition) is 8. The van der Waals surface area contributed by atoms with Gasteiger partial charge in [0, 0.05) is 62.2 Å². The van der Waals surface area contributed by atoms with Gasteiger partial charge >= 0.3 is 0 Å².